The molecule has 0 aliphatic carbocycles. The van der Waals surface area contributed by atoms with E-state index in [1.165, 1.54) is 0 Å². The van der Waals surface area contributed by atoms with Crippen molar-refractivity contribution in [3.63, 3.8) is 0 Å². The summed E-state index contributed by atoms with van der Waals surface area (Å²) in [4.78, 5) is 19.6. The Morgan fingerprint density at radius 3 is 3.00 bits per heavy atom. The molecule has 4 nitrogen and oxygen atoms in total. The Labute approximate surface area is 108 Å². The van der Waals surface area contributed by atoms with Crippen LogP contribution in [0.25, 0.3) is 0 Å². The molecular weight excluding hydrogens is 258 g/mol. The minimum atomic E-state index is -0.277. The second-order valence-electron chi connectivity index (χ2n) is 3.24. The van der Waals surface area contributed by atoms with Gasteiger partial charge in [-0.2, -0.15) is 0 Å². The summed E-state index contributed by atoms with van der Waals surface area (Å²) < 4.78 is 0. The Morgan fingerprint density at radius 1 is 1.53 bits per heavy atom. The van der Waals surface area contributed by atoms with Gasteiger partial charge in [0, 0.05) is 17.3 Å². The molecule has 0 aliphatic heterocycles. The number of H-pyrrole nitrogens is 1. The lowest BCUT2D eigenvalue weighted by atomic mass is 10.2. The lowest BCUT2D eigenvalue weighted by Gasteiger charge is -2.05. The van der Waals surface area contributed by atoms with E-state index >= 15 is 0 Å². The van der Waals surface area contributed by atoms with Gasteiger partial charge in [-0.05, 0) is 24.5 Å². The van der Waals surface area contributed by atoms with E-state index in [1.807, 2.05) is 12.3 Å². The molecule has 0 fully saturated rings. The second-order valence-corrected chi connectivity index (χ2v) is 4.52. The molecule has 2 N–H and O–H groups in total. The van der Waals surface area contributed by atoms with Crippen LogP contribution < -0.4 is 5.32 Å². The van der Waals surface area contributed by atoms with Crippen LogP contribution in [0.4, 0.5) is 5.95 Å². The van der Waals surface area contributed by atoms with Crippen LogP contribution in [-0.4, -0.2) is 22.1 Å². The van der Waals surface area contributed by atoms with Gasteiger partial charge in [-0.1, -0.05) is 11.6 Å². The molecule has 0 spiro atoms. The van der Waals surface area contributed by atoms with Gasteiger partial charge in [0.05, 0.1) is 10.6 Å². The first-order valence-corrected chi connectivity index (χ1v) is 6.45. The van der Waals surface area contributed by atoms with Crippen molar-refractivity contribution in [2.45, 2.75) is 4.90 Å². The van der Waals surface area contributed by atoms with Crippen LogP contribution >= 0.6 is 23.4 Å². The van der Waals surface area contributed by atoms with Gasteiger partial charge in [0.25, 0.3) is 5.91 Å². The Hall–Kier alpha value is -1.46. The summed E-state index contributed by atoms with van der Waals surface area (Å²) in [5, 5.41) is 3.05. The number of benzene rings is 1. The molecule has 0 saturated heterocycles. The SMILES string of the molecule is CSc1ccc(Cl)c(C(=O)Nc2ncc[nH]2)c1. The third-order valence-corrected chi connectivity index (χ3v) is 3.20. The van der Waals surface area contributed by atoms with Gasteiger partial charge in [-0.3, -0.25) is 10.1 Å². The van der Waals surface area contributed by atoms with Crippen molar-refractivity contribution in [1.82, 2.24) is 9.97 Å². The van der Waals surface area contributed by atoms with E-state index in [4.69, 9.17) is 11.6 Å². The third kappa shape index (κ3) is 2.81. The fraction of sp³-hybridized carbons (Fsp3) is 0.0909. The number of hydrogen-bond acceptors (Lipinski definition) is 3. The van der Waals surface area contributed by atoms with Gasteiger partial charge in [0.1, 0.15) is 0 Å². The predicted molar refractivity (Wildman–Crippen MR) is 69.8 cm³/mol. The normalized spacial score (nSPS) is 10.2. The van der Waals surface area contributed by atoms with Crippen LogP contribution in [0, 0.1) is 0 Å². The van der Waals surface area contributed by atoms with E-state index in [9.17, 15) is 4.79 Å². The number of aromatic amines is 1. The van der Waals surface area contributed by atoms with Crippen molar-refractivity contribution in [1.29, 1.82) is 0 Å². The van der Waals surface area contributed by atoms with Crippen molar-refractivity contribution in [3.05, 3.63) is 41.2 Å². The highest BCUT2D eigenvalue weighted by Crippen LogP contribution is 2.23. The van der Waals surface area contributed by atoms with Crippen LogP contribution in [0.15, 0.2) is 35.5 Å². The number of amides is 1. The maximum Gasteiger partial charge on any atom is 0.259 e. The largest absolute Gasteiger partial charge is 0.331 e. The summed E-state index contributed by atoms with van der Waals surface area (Å²) in [6.45, 7) is 0. The van der Waals surface area contributed by atoms with Crippen molar-refractivity contribution in [3.8, 4) is 0 Å². The fourth-order valence-electron chi connectivity index (χ4n) is 1.31. The summed E-state index contributed by atoms with van der Waals surface area (Å²) in [5.74, 6) is 0.126. The molecule has 0 atom stereocenters. The molecule has 1 aromatic carbocycles. The van der Waals surface area contributed by atoms with Gasteiger partial charge in [0.15, 0.2) is 0 Å². The molecule has 1 heterocycles. The maximum atomic E-state index is 11.9. The monoisotopic (exact) mass is 267 g/mol. The zero-order valence-corrected chi connectivity index (χ0v) is 10.6. The van der Waals surface area contributed by atoms with E-state index in [-0.39, 0.29) is 5.91 Å². The van der Waals surface area contributed by atoms with Crippen LogP contribution in [0.5, 0.6) is 0 Å². The van der Waals surface area contributed by atoms with Gasteiger partial charge in [-0.15, -0.1) is 11.8 Å². The van der Waals surface area contributed by atoms with Crippen LogP contribution in [0.1, 0.15) is 10.4 Å². The number of rotatable bonds is 3. The minimum Gasteiger partial charge on any atom is -0.331 e. The molecule has 17 heavy (non-hydrogen) atoms. The molecule has 1 amide bonds. The summed E-state index contributed by atoms with van der Waals surface area (Å²) >= 11 is 7.54. The molecule has 6 heteroatoms. The summed E-state index contributed by atoms with van der Waals surface area (Å²) in [6, 6.07) is 5.34. The van der Waals surface area contributed by atoms with E-state index in [2.05, 4.69) is 15.3 Å². The number of imidazole rings is 1. The Balaban J connectivity index is 2.24. The number of aromatic nitrogens is 2. The average Bonchev–Trinajstić information content (AvgIpc) is 2.82. The highest BCUT2D eigenvalue weighted by Gasteiger charge is 2.12. The first-order chi connectivity index (χ1) is 8.20. The van der Waals surface area contributed by atoms with E-state index in [1.54, 1.807) is 36.3 Å². The molecule has 0 aliphatic rings. The number of carbonyl (C=O) groups excluding carboxylic acids is 1. The summed E-state index contributed by atoms with van der Waals surface area (Å²) in [5.41, 5.74) is 0.440. The molecule has 2 rings (SSSR count). The first kappa shape index (κ1) is 12.0. The van der Waals surface area contributed by atoms with E-state index in [0.29, 0.717) is 16.5 Å². The molecule has 0 unspecified atom stereocenters. The fourth-order valence-corrected chi connectivity index (χ4v) is 1.96. The van der Waals surface area contributed by atoms with Crippen molar-refractivity contribution in [2.75, 3.05) is 11.6 Å². The Bertz CT molecular complexity index is 528. The molecule has 88 valence electrons. The van der Waals surface area contributed by atoms with Crippen molar-refractivity contribution < 1.29 is 4.79 Å². The zero-order chi connectivity index (χ0) is 12.3. The minimum absolute atomic E-state index is 0.277. The maximum absolute atomic E-state index is 11.9. The number of halogens is 1. The van der Waals surface area contributed by atoms with Crippen LogP contribution in [0.2, 0.25) is 5.02 Å². The number of thioether (sulfide) groups is 1. The molecule has 1 aromatic heterocycles. The quantitative estimate of drug-likeness (QED) is 0.841. The van der Waals surface area contributed by atoms with Gasteiger partial charge in [-0.25, -0.2) is 4.98 Å². The predicted octanol–water partition coefficient (Wildman–Crippen LogP) is 3.04. The van der Waals surface area contributed by atoms with Crippen LogP contribution in [-0.2, 0) is 0 Å². The number of nitrogens with zero attached hydrogens (tertiary/aromatic N) is 1. The molecule has 0 saturated carbocycles. The van der Waals surface area contributed by atoms with Gasteiger partial charge >= 0.3 is 0 Å². The lowest BCUT2D eigenvalue weighted by Crippen LogP contribution is -2.13. The first-order valence-electron chi connectivity index (χ1n) is 4.85. The van der Waals surface area contributed by atoms with Crippen LogP contribution in [0.3, 0.4) is 0 Å². The lowest BCUT2D eigenvalue weighted by molar-refractivity contribution is 0.102. The van der Waals surface area contributed by atoms with E-state index < -0.39 is 0 Å². The Morgan fingerprint density at radius 2 is 2.35 bits per heavy atom. The summed E-state index contributed by atoms with van der Waals surface area (Å²) in [6.07, 6.45) is 5.14. The molecule has 2 aromatic rings. The standard InChI is InChI=1S/C11H10ClN3OS/c1-17-7-2-3-9(12)8(6-7)10(16)15-11-13-4-5-14-11/h2-6H,1H3,(H2,13,14,15,16). The topological polar surface area (TPSA) is 57.8 Å². The zero-order valence-electron chi connectivity index (χ0n) is 9.03. The number of anilines is 1. The summed E-state index contributed by atoms with van der Waals surface area (Å²) in [7, 11) is 0. The molecular formula is C11H10ClN3OS. The van der Waals surface area contributed by atoms with E-state index in [0.717, 1.165) is 4.90 Å². The average molecular weight is 268 g/mol. The molecule has 0 radical (unpaired) electrons. The number of nitrogens with one attached hydrogen (secondary N) is 2. The number of carbonyl (C=O) groups is 1. The van der Waals surface area contributed by atoms with Gasteiger partial charge in [0.2, 0.25) is 5.95 Å². The highest BCUT2D eigenvalue weighted by molar-refractivity contribution is 7.98. The molecule has 0 bridgehead atoms. The third-order valence-electron chi connectivity index (χ3n) is 2.15. The highest BCUT2D eigenvalue weighted by atomic mass is 35.5. The number of hydrogen-bond donors (Lipinski definition) is 2. The van der Waals surface area contributed by atoms with Crippen molar-refractivity contribution >= 4 is 35.2 Å². The smallest absolute Gasteiger partial charge is 0.259 e. The second kappa shape index (κ2) is 5.25. The Kier molecular flexibility index (Phi) is 3.71. The van der Waals surface area contributed by atoms with Gasteiger partial charge < -0.3 is 4.98 Å². The van der Waals surface area contributed by atoms with Crippen molar-refractivity contribution in [2.24, 2.45) is 0 Å².